The van der Waals surface area contributed by atoms with Gasteiger partial charge in [-0.05, 0) is 35.7 Å². The third-order valence-electron chi connectivity index (χ3n) is 5.04. The summed E-state index contributed by atoms with van der Waals surface area (Å²) < 4.78 is 33.5. The Morgan fingerprint density at radius 3 is 2.47 bits per heavy atom. The van der Waals surface area contributed by atoms with Gasteiger partial charge in [0.25, 0.3) is 11.3 Å². The van der Waals surface area contributed by atoms with Crippen LogP contribution < -0.4 is 10.9 Å². The van der Waals surface area contributed by atoms with Crippen LogP contribution >= 0.6 is 0 Å². The summed E-state index contributed by atoms with van der Waals surface area (Å²) in [6.07, 6.45) is 1.27. The number of anilines is 1. The molecule has 32 heavy (non-hydrogen) atoms. The van der Waals surface area contributed by atoms with Gasteiger partial charge in [-0.25, -0.2) is 13.8 Å². The molecule has 0 aliphatic heterocycles. The van der Waals surface area contributed by atoms with E-state index in [1.165, 1.54) is 10.9 Å². The summed E-state index contributed by atoms with van der Waals surface area (Å²) in [5.41, 5.74) is 1.29. The van der Waals surface area contributed by atoms with Gasteiger partial charge in [0.15, 0.2) is 0 Å². The van der Waals surface area contributed by atoms with Crippen LogP contribution in [0.15, 0.2) is 58.1 Å². The van der Waals surface area contributed by atoms with E-state index in [1.54, 1.807) is 0 Å². The molecule has 0 unspecified atom stereocenters. The van der Waals surface area contributed by atoms with Crippen LogP contribution in [0.4, 0.5) is 14.5 Å². The van der Waals surface area contributed by atoms with Crippen LogP contribution in [-0.4, -0.2) is 20.6 Å². The topological polar surface area (TPSA) is 90.0 Å². The van der Waals surface area contributed by atoms with Gasteiger partial charge in [-0.2, -0.15) is 0 Å². The predicted molar refractivity (Wildman–Crippen MR) is 115 cm³/mol. The van der Waals surface area contributed by atoms with Crippen molar-refractivity contribution in [3.05, 3.63) is 76.3 Å². The maximum Gasteiger partial charge on any atom is 0.266 e. The molecular formula is C23H20F2N4O3. The molecule has 0 saturated carbocycles. The smallest absolute Gasteiger partial charge is 0.266 e. The molecule has 0 atom stereocenters. The quantitative estimate of drug-likeness (QED) is 0.479. The molecule has 0 bridgehead atoms. The molecule has 0 spiro atoms. The van der Waals surface area contributed by atoms with Gasteiger partial charge in [0, 0.05) is 30.3 Å². The Kier molecular flexibility index (Phi) is 5.81. The molecule has 164 valence electrons. The molecule has 2 aromatic heterocycles. The first kappa shape index (κ1) is 21.4. The lowest BCUT2D eigenvalue weighted by molar-refractivity contribution is -0.116. The fraction of sp³-hybridized carbons (Fsp3) is 0.217. The minimum atomic E-state index is -0.807. The summed E-state index contributed by atoms with van der Waals surface area (Å²) in [5.74, 6) is -1.50. The van der Waals surface area contributed by atoms with Crippen molar-refractivity contribution in [2.75, 3.05) is 5.32 Å². The van der Waals surface area contributed by atoms with Gasteiger partial charge in [-0.15, -0.1) is 0 Å². The monoisotopic (exact) mass is 438 g/mol. The van der Waals surface area contributed by atoms with Crippen LogP contribution in [0.1, 0.15) is 31.7 Å². The van der Waals surface area contributed by atoms with Gasteiger partial charge in [-0.3, -0.25) is 14.2 Å². The second kappa shape index (κ2) is 8.70. The third-order valence-corrected chi connectivity index (χ3v) is 5.04. The fourth-order valence-electron chi connectivity index (χ4n) is 3.32. The van der Waals surface area contributed by atoms with Gasteiger partial charge < -0.3 is 9.84 Å². The van der Waals surface area contributed by atoms with Crippen LogP contribution in [-0.2, 0) is 11.3 Å². The largest absolute Gasteiger partial charge is 0.335 e. The second-order valence-electron chi connectivity index (χ2n) is 7.69. The molecular weight excluding hydrogens is 418 g/mol. The maximum absolute atomic E-state index is 13.6. The van der Waals surface area contributed by atoms with Crippen molar-refractivity contribution < 1.29 is 18.1 Å². The van der Waals surface area contributed by atoms with Crippen molar-refractivity contribution >= 4 is 22.7 Å². The predicted octanol–water partition coefficient (Wildman–Crippen LogP) is 4.48. The fourth-order valence-corrected chi connectivity index (χ4v) is 3.32. The van der Waals surface area contributed by atoms with E-state index in [-0.39, 0.29) is 41.2 Å². The Morgan fingerprint density at radius 1 is 1.12 bits per heavy atom. The number of aromatic nitrogens is 3. The van der Waals surface area contributed by atoms with Crippen molar-refractivity contribution in [1.82, 2.24) is 14.7 Å². The highest BCUT2D eigenvalue weighted by Crippen LogP contribution is 2.26. The van der Waals surface area contributed by atoms with Crippen LogP contribution in [0.3, 0.4) is 0 Å². The van der Waals surface area contributed by atoms with Crippen molar-refractivity contribution in [3.63, 3.8) is 0 Å². The van der Waals surface area contributed by atoms with E-state index in [0.29, 0.717) is 11.6 Å². The summed E-state index contributed by atoms with van der Waals surface area (Å²) in [6.45, 7) is 4.23. The zero-order valence-electron chi connectivity index (χ0n) is 17.4. The molecule has 2 heterocycles. The zero-order chi connectivity index (χ0) is 22.8. The Morgan fingerprint density at radius 2 is 1.81 bits per heavy atom. The van der Waals surface area contributed by atoms with Gasteiger partial charge in [0.1, 0.15) is 29.0 Å². The molecule has 4 rings (SSSR count). The standard InChI is InChI=1S/C23H20F2N4O3/c1-13(2)14-3-5-18(6-4-14)27-19(30)7-8-29-12-26-22-20(23(29)31)21(28-32-22)15-9-16(24)11-17(25)10-15/h3-6,9-13H,7-8H2,1-2H3,(H,27,30). The number of halogens is 2. The number of benzene rings is 2. The van der Waals surface area contributed by atoms with Crippen molar-refractivity contribution in [1.29, 1.82) is 0 Å². The molecule has 0 aliphatic rings. The highest BCUT2D eigenvalue weighted by Gasteiger charge is 2.18. The van der Waals surface area contributed by atoms with Crippen LogP contribution in [0.25, 0.3) is 22.4 Å². The first-order chi connectivity index (χ1) is 15.3. The SMILES string of the molecule is CC(C)c1ccc(NC(=O)CCn2cnc3onc(-c4cc(F)cc(F)c4)c3c2=O)cc1. The minimum Gasteiger partial charge on any atom is -0.335 e. The van der Waals surface area contributed by atoms with Gasteiger partial charge in [-0.1, -0.05) is 31.1 Å². The molecule has 0 fully saturated rings. The normalized spacial score (nSPS) is 11.3. The first-order valence-electron chi connectivity index (χ1n) is 10.0. The number of amides is 1. The number of hydrogen-bond donors (Lipinski definition) is 1. The average Bonchev–Trinajstić information content (AvgIpc) is 3.18. The summed E-state index contributed by atoms with van der Waals surface area (Å²) in [5, 5.41) is 6.54. The Hall–Kier alpha value is -3.88. The number of hydrogen-bond acceptors (Lipinski definition) is 5. The van der Waals surface area contributed by atoms with E-state index in [0.717, 1.165) is 23.8 Å². The molecule has 9 heteroatoms. The van der Waals surface area contributed by atoms with E-state index in [9.17, 15) is 18.4 Å². The number of carbonyl (C=O) groups excluding carboxylic acids is 1. The summed E-state index contributed by atoms with van der Waals surface area (Å²) >= 11 is 0. The van der Waals surface area contributed by atoms with Crippen molar-refractivity contribution in [2.24, 2.45) is 0 Å². The van der Waals surface area contributed by atoms with E-state index in [1.807, 2.05) is 24.3 Å². The van der Waals surface area contributed by atoms with Crippen molar-refractivity contribution in [3.8, 4) is 11.3 Å². The Labute approximate surface area is 181 Å². The van der Waals surface area contributed by atoms with Gasteiger partial charge in [0.05, 0.1) is 0 Å². The van der Waals surface area contributed by atoms with Crippen LogP contribution in [0.2, 0.25) is 0 Å². The Bertz CT molecular complexity index is 1320. The second-order valence-corrected chi connectivity index (χ2v) is 7.69. The number of nitrogens with zero attached hydrogens (tertiary/aromatic N) is 3. The molecule has 7 nitrogen and oxygen atoms in total. The molecule has 4 aromatic rings. The molecule has 1 N–H and O–H groups in total. The van der Waals surface area contributed by atoms with Crippen LogP contribution in [0.5, 0.6) is 0 Å². The minimum absolute atomic E-state index is 0.0119. The molecule has 0 radical (unpaired) electrons. The van der Waals surface area contributed by atoms with Gasteiger partial charge in [0.2, 0.25) is 5.91 Å². The van der Waals surface area contributed by atoms with Gasteiger partial charge >= 0.3 is 0 Å². The highest BCUT2D eigenvalue weighted by atomic mass is 19.1. The highest BCUT2D eigenvalue weighted by molar-refractivity contribution is 5.91. The summed E-state index contributed by atoms with van der Waals surface area (Å²) in [4.78, 5) is 29.3. The molecule has 0 aliphatic carbocycles. The van der Waals surface area contributed by atoms with E-state index >= 15 is 0 Å². The Balaban J connectivity index is 1.53. The third kappa shape index (κ3) is 4.41. The molecule has 2 aromatic carbocycles. The molecule has 1 amide bonds. The lowest BCUT2D eigenvalue weighted by atomic mass is 10.0. The van der Waals surface area contributed by atoms with E-state index < -0.39 is 17.2 Å². The lowest BCUT2D eigenvalue weighted by Gasteiger charge is -2.09. The molecule has 0 saturated heterocycles. The summed E-state index contributed by atoms with van der Waals surface area (Å²) in [7, 11) is 0. The van der Waals surface area contributed by atoms with Crippen molar-refractivity contribution in [2.45, 2.75) is 32.7 Å². The van der Waals surface area contributed by atoms with Crippen LogP contribution in [0, 0.1) is 11.6 Å². The van der Waals surface area contributed by atoms with E-state index in [2.05, 4.69) is 29.3 Å². The number of rotatable bonds is 6. The average molecular weight is 438 g/mol. The van der Waals surface area contributed by atoms with E-state index in [4.69, 9.17) is 4.52 Å². The lowest BCUT2D eigenvalue weighted by Crippen LogP contribution is -2.23. The number of aryl methyl sites for hydroxylation is 1. The first-order valence-corrected chi connectivity index (χ1v) is 10.0. The maximum atomic E-state index is 13.6. The number of carbonyl (C=O) groups is 1. The zero-order valence-corrected chi connectivity index (χ0v) is 17.4. The summed E-state index contributed by atoms with van der Waals surface area (Å²) in [6, 6.07) is 10.4. The number of fused-ring (bicyclic) bond motifs is 1. The number of nitrogens with one attached hydrogen (secondary N) is 1.